The molecule has 0 spiro atoms. The van der Waals surface area contributed by atoms with E-state index in [2.05, 4.69) is 27.2 Å². The van der Waals surface area contributed by atoms with E-state index in [1.165, 1.54) is 44.5 Å². The molecule has 0 bridgehead atoms. The molecule has 4 nitrogen and oxygen atoms in total. The smallest absolute Gasteiger partial charge is 0.251 e. The Labute approximate surface area is 120 Å². The predicted octanol–water partition coefficient (Wildman–Crippen LogP) is 1.67. The van der Waals surface area contributed by atoms with Crippen LogP contribution in [-0.4, -0.2) is 48.6 Å². The Morgan fingerprint density at radius 3 is 2.70 bits per heavy atom. The number of nitrogens with one attached hydrogen (secondary N) is 1. The fourth-order valence-electron chi connectivity index (χ4n) is 3.43. The zero-order valence-electron chi connectivity index (χ0n) is 12.1. The highest BCUT2D eigenvalue weighted by molar-refractivity contribution is 5.93. The summed E-state index contributed by atoms with van der Waals surface area (Å²) < 4.78 is 0. The molecule has 2 aliphatic rings. The molecule has 2 fully saturated rings. The van der Waals surface area contributed by atoms with Crippen LogP contribution in [0.3, 0.4) is 0 Å². The maximum Gasteiger partial charge on any atom is 0.251 e. The van der Waals surface area contributed by atoms with Crippen LogP contribution in [0.15, 0.2) is 24.3 Å². The Hall–Kier alpha value is -1.39. The number of carbonyl (C=O) groups excluding carboxylic acids is 1. The summed E-state index contributed by atoms with van der Waals surface area (Å²) >= 11 is 0. The van der Waals surface area contributed by atoms with Gasteiger partial charge >= 0.3 is 0 Å². The van der Waals surface area contributed by atoms with E-state index in [9.17, 15) is 4.79 Å². The van der Waals surface area contributed by atoms with Gasteiger partial charge in [-0.2, -0.15) is 0 Å². The van der Waals surface area contributed by atoms with Crippen molar-refractivity contribution >= 4 is 5.91 Å². The van der Waals surface area contributed by atoms with Crippen molar-refractivity contribution in [2.45, 2.75) is 32.0 Å². The molecule has 1 N–H and O–H groups in total. The molecule has 3 rings (SSSR count). The lowest BCUT2D eigenvalue weighted by atomic mass is 10.1. The first-order valence-corrected chi connectivity index (χ1v) is 7.57. The number of nitrogens with zero attached hydrogens (tertiary/aromatic N) is 2. The minimum Gasteiger partial charge on any atom is -0.355 e. The van der Waals surface area contributed by atoms with E-state index in [4.69, 9.17) is 0 Å². The first-order valence-electron chi connectivity index (χ1n) is 7.57. The van der Waals surface area contributed by atoms with Crippen LogP contribution >= 0.6 is 0 Å². The normalized spacial score (nSPS) is 23.6. The highest BCUT2D eigenvalue weighted by Gasteiger charge is 2.32. The third-order valence-corrected chi connectivity index (χ3v) is 4.47. The Balaban J connectivity index is 1.66. The molecular weight excluding hydrogens is 250 g/mol. The number of amides is 1. The third kappa shape index (κ3) is 2.72. The second kappa shape index (κ2) is 5.94. The van der Waals surface area contributed by atoms with Crippen molar-refractivity contribution in [3.8, 4) is 0 Å². The van der Waals surface area contributed by atoms with Crippen LogP contribution in [0.25, 0.3) is 0 Å². The monoisotopic (exact) mass is 273 g/mol. The molecule has 2 aliphatic heterocycles. The van der Waals surface area contributed by atoms with Crippen LogP contribution in [-0.2, 0) is 6.54 Å². The maximum atomic E-state index is 11.5. The highest BCUT2D eigenvalue weighted by Crippen LogP contribution is 2.26. The molecule has 20 heavy (non-hydrogen) atoms. The zero-order chi connectivity index (χ0) is 13.9. The van der Waals surface area contributed by atoms with Gasteiger partial charge < -0.3 is 5.32 Å². The summed E-state index contributed by atoms with van der Waals surface area (Å²) in [5, 5.41) is 2.66. The van der Waals surface area contributed by atoms with Gasteiger partial charge in [-0.05, 0) is 43.5 Å². The first kappa shape index (κ1) is 13.6. The number of rotatable bonds is 3. The van der Waals surface area contributed by atoms with Gasteiger partial charge in [0.15, 0.2) is 0 Å². The Morgan fingerprint density at radius 2 is 1.95 bits per heavy atom. The first-order chi connectivity index (χ1) is 9.78. The van der Waals surface area contributed by atoms with E-state index in [-0.39, 0.29) is 5.91 Å². The van der Waals surface area contributed by atoms with E-state index >= 15 is 0 Å². The molecule has 1 unspecified atom stereocenters. The quantitative estimate of drug-likeness (QED) is 0.910. The summed E-state index contributed by atoms with van der Waals surface area (Å²) in [7, 11) is 1.67. The SMILES string of the molecule is CNC(=O)c1ccc(CN2CCCN3CCCC32)cc1. The summed E-state index contributed by atoms with van der Waals surface area (Å²) in [6, 6.07) is 8.01. The van der Waals surface area contributed by atoms with E-state index < -0.39 is 0 Å². The fourth-order valence-corrected chi connectivity index (χ4v) is 3.43. The number of hydrogen-bond donors (Lipinski definition) is 1. The lowest BCUT2D eigenvalue weighted by Crippen LogP contribution is -2.49. The zero-order valence-corrected chi connectivity index (χ0v) is 12.1. The number of benzene rings is 1. The van der Waals surface area contributed by atoms with Gasteiger partial charge in [0.2, 0.25) is 0 Å². The lowest BCUT2D eigenvalue weighted by molar-refractivity contribution is 0.0287. The standard InChI is InChI=1S/C16H23N3O/c1-17-16(20)14-7-5-13(6-8-14)12-19-11-3-10-18-9-2-4-15(18)19/h5-8,15H,2-4,9-12H2,1H3,(H,17,20). The Morgan fingerprint density at radius 1 is 1.20 bits per heavy atom. The Bertz CT molecular complexity index is 471. The van der Waals surface area contributed by atoms with Crippen LogP contribution in [0.4, 0.5) is 0 Å². The molecule has 1 aromatic carbocycles. The van der Waals surface area contributed by atoms with Crippen LogP contribution < -0.4 is 5.32 Å². The van der Waals surface area contributed by atoms with Gasteiger partial charge in [0.05, 0.1) is 6.17 Å². The van der Waals surface area contributed by atoms with Gasteiger partial charge in [-0.25, -0.2) is 0 Å². The molecule has 2 heterocycles. The van der Waals surface area contributed by atoms with E-state index in [1.54, 1.807) is 7.05 Å². The van der Waals surface area contributed by atoms with Gasteiger partial charge in [-0.3, -0.25) is 14.6 Å². The summed E-state index contributed by atoms with van der Waals surface area (Å²) in [5.74, 6) is -0.0171. The highest BCUT2D eigenvalue weighted by atomic mass is 16.1. The van der Waals surface area contributed by atoms with E-state index in [0.29, 0.717) is 6.17 Å². The van der Waals surface area contributed by atoms with E-state index in [1.807, 2.05) is 12.1 Å². The van der Waals surface area contributed by atoms with Crippen molar-refractivity contribution in [1.29, 1.82) is 0 Å². The summed E-state index contributed by atoms with van der Waals surface area (Å²) in [6.07, 6.45) is 4.54. The largest absolute Gasteiger partial charge is 0.355 e. The topological polar surface area (TPSA) is 35.6 Å². The van der Waals surface area contributed by atoms with Crippen LogP contribution in [0.5, 0.6) is 0 Å². The minimum absolute atomic E-state index is 0.0171. The second-order valence-corrected chi connectivity index (χ2v) is 5.76. The molecule has 0 aliphatic carbocycles. The molecule has 1 amide bonds. The van der Waals surface area contributed by atoms with Crippen molar-refractivity contribution in [2.75, 3.05) is 26.7 Å². The molecule has 0 aromatic heterocycles. The number of carbonyl (C=O) groups is 1. The predicted molar refractivity (Wildman–Crippen MR) is 79.5 cm³/mol. The molecule has 0 saturated carbocycles. The molecule has 0 radical (unpaired) electrons. The summed E-state index contributed by atoms with van der Waals surface area (Å²) in [6.45, 7) is 4.71. The summed E-state index contributed by atoms with van der Waals surface area (Å²) in [5.41, 5.74) is 2.03. The van der Waals surface area contributed by atoms with Crippen molar-refractivity contribution in [3.63, 3.8) is 0 Å². The fraction of sp³-hybridized carbons (Fsp3) is 0.562. The van der Waals surface area contributed by atoms with Crippen molar-refractivity contribution in [2.24, 2.45) is 0 Å². The van der Waals surface area contributed by atoms with Crippen LogP contribution in [0.2, 0.25) is 0 Å². The van der Waals surface area contributed by atoms with Crippen LogP contribution in [0.1, 0.15) is 35.2 Å². The average Bonchev–Trinajstić information content (AvgIpc) is 2.97. The van der Waals surface area contributed by atoms with Crippen molar-refractivity contribution in [3.05, 3.63) is 35.4 Å². The molecule has 1 aromatic rings. The summed E-state index contributed by atoms with van der Waals surface area (Å²) in [4.78, 5) is 16.7. The third-order valence-electron chi connectivity index (χ3n) is 4.47. The van der Waals surface area contributed by atoms with Gasteiger partial charge in [0, 0.05) is 32.2 Å². The maximum absolute atomic E-state index is 11.5. The molecule has 4 heteroatoms. The molecule has 1 atom stereocenters. The average molecular weight is 273 g/mol. The molecule has 108 valence electrons. The molecule has 2 saturated heterocycles. The molecular formula is C16H23N3O. The van der Waals surface area contributed by atoms with Crippen molar-refractivity contribution < 1.29 is 4.79 Å². The van der Waals surface area contributed by atoms with Gasteiger partial charge in [0.25, 0.3) is 5.91 Å². The lowest BCUT2D eigenvalue weighted by Gasteiger charge is -2.40. The second-order valence-electron chi connectivity index (χ2n) is 5.76. The number of hydrogen-bond acceptors (Lipinski definition) is 3. The van der Waals surface area contributed by atoms with E-state index in [0.717, 1.165) is 12.1 Å². The van der Waals surface area contributed by atoms with Crippen LogP contribution in [0, 0.1) is 0 Å². The Kier molecular flexibility index (Phi) is 4.03. The van der Waals surface area contributed by atoms with Crippen molar-refractivity contribution in [1.82, 2.24) is 15.1 Å². The van der Waals surface area contributed by atoms with Gasteiger partial charge in [0.1, 0.15) is 0 Å². The van der Waals surface area contributed by atoms with Gasteiger partial charge in [-0.1, -0.05) is 12.1 Å². The minimum atomic E-state index is -0.0171. The van der Waals surface area contributed by atoms with Gasteiger partial charge in [-0.15, -0.1) is 0 Å². The number of fused-ring (bicyclic) bond motifs is 1.